The molecule has 4 aromatic rings. The molecule has 0 bridgehead atoms. The Kier molecular flexibility index (Phi) is 7.94. The van der Waals surface area contributed by atoms with Crippen molar-refractivity contribution in [3.63, 3.8) is 0 Å². The van der Waals surface area contributed by atoms with Gasteiger partial charge in [0.05, 0.1) is 16.3 Å². The standard InChI is InChI=1S/C25H16Br3N3O4/c1-14-21(22(31-35-14)15-6-3-2-4-7-15)24(32)30-29-13-17-11-19(27)12-20(28)23(17)34-25(33)16-8-5-9-18(26)10-16/h2-13H,1H3,(H,30,32)/b29-13+. The first-order valence-corrected chi connectivity index (χ1v) is 12.5. The molecule has 0 spiro atoms. The highest BCUT2D eigenvalue weighted by Crippen LogP contribution is 2.33. The van der Waals surface area contributed by atoms with Crippen molar-refractivity contribution >= 4 is 65.9 Å². The van der Waals surface area contributed by atoms with Crippen LogP contribution in [0.4, 0.5) is 0 Å². The molecule has 7 nitrogen and oxygen atoms in total. The Morgan fingerprint density at radius 2 is 1.77 bits per heavy atom. The maximum absolute atomic E-state index is 12.9. The van der Waals surface area contributed by atoms with Gasteiger partial charge in [0.2, 0.25) is 0 Å². The second-order valence-electron chi connectivity index (χ2n) is 7.23. The van der Waals surface area contributed by atoms with E-state index < -0.39 is 11.9 Å². The molecule has 0 saturated carbocycles. The Morgan fingerprint density at radius 1 is 1.00 bits per heavy atom. The number of esters is 1. The lowest BCUT2D eigenvalue weighted by molar-refractivity contribution is 0.0732. The van der Waals surface area contributed by atoms with Crippen LogP contribution in [0.2, 0.25) is 0 Å². The van der Waals surface area contributed by atoms with Crippen molar-refractivity contribution in [2.45, 2.75) is 6.92 Å². The number of amides is 1. The van der Waals surface area contributed by atoms with Gasteiger partial charge in [-0.15, -0.1) is 0 Å². The fraction of sp³-hybridized carbons (Fsp3) is 0.0400. The van der Waals surface area contributed by atoms with Crippen molar-refractivity contribution in [1.29, 1.82) is 0 Å². The van der Waals surface area contributed by atoms with Gasteiger partial charge in [-0.3, -0.25) is 4.79 Å². The molecule has 0 aliphatic heterocycles. The fourth-order valence-corrected chi connectivity index (χ4v) is 4.94. The number of aryl methyl sites for hydroxylation is 1. The number of carbonyl (C=O) groups is 2. The third-order valence-corrected chi connectivity index (χ3v) is 6.34. The van der Waals surface area contributed by atoms with Crippen molar-refractivity contribution in [1.82, 2.24) is 10.6 Å². The average Bonchev–Trinajstić information content (AvgIpc) is 3.23. The normalized spacial score (nSPS) is 11.0. The molecular weight excluding hydrogens is 646 g/mol. The summed E-state index contributed by atoms with van der Waals surface area (Å²) in [5.41, 5.74) is 4.78. The molecule has 0 radical (unpaired) electrons. The highest BCUT2D eigenvalue weighted by molar-refractivity contribution is 9.11. The quantitative estimate of drug-likeness (QED) is 0.105. The smallest absolute Gasteiger partial charge is 0.343 e. The van der Waals surface area contributed by atoms with Crippen LogP contribution in [0.15, 0.2) is 89.8 Å². The summed E-state index contributed by atoms with van der Waals surface area (Å²) in [6.45, 7) is 1.66. The van der Waals surface area contributed by atoms with E-state index in [1.807, 2.05) is 36.4 Å². The Bertz CT molecular complexity index is 1440. The number of nitrogens with one attached hydrogen (secondary N) is 1. The van der Waals surface area contributed by atoms with Gasteiger partial charge in [0, 0.05) is 20.1 Å². The van der Waals surface area contributed by atoms with Gasteiger partial charge in [-0.05, 0) is 53.2 Å². The van der Waals surface area contributed by atoms with Crippen molar-refractivity contribution in [2.24, 2.45) is 5.10 Å². The zero-order valence-corrected chi connectivity index (χ0v) is 22.8. The molecule has 1 amide bonds. The Hall–Kier alpha value is -3.08. The van der Waals surface area contributed by atoms with Crippen LogP contribution in [0.3, 0.4) is 0 Å². The van der Waals surface area contributed by atoms with Gasteiger partial charge >= 0.3 is 5.97 Å². The minimum Gasteiger partial charge on any atom is -0.421 e. The number of benzene rings is 3. The minimum absolute atomic E-state index is 0.252. The van der Waals surface area contributed by atoms with E-state index in [4.69, 9.17) is 9.26 Å². The summed E-state index contributed by atoms with van der Waals surface area (Å²) in [7, 11) is 0. The molecule has 3 aromatic carbocycles. The summed E-state index contributed by atoms with van der Waals surface area (Å²) in [5.74, 6) is -0.408. The van der Waals surface area contributed by atoms with E-state index >= 15 is 0 Å². The van der Waals surface area contributed by atoms with Gasteiger partial charge in [0.25, 0.3) is 5.91 Å². The molecule has 10 heteroatoms. The predicted molar refractivity (Wildman–Crippen MR) is 143 cm³/mol. The van der Waals surface area contributed by atoms with Crippen molar-refractivity contribution in [3.8, 4) is 17.0 Å². The highest BCUT2D eigenvalue weighted by atomic mass is 79.9. The lowest BCUT2D eigenvalue weighted by Crippen LogP contribution is -2.19. The number of hydrogen-bond donors (Lipinski definition) is 1. The maximum Gasteiger partial charge on any atom is 0.343 e. The van der Waals surface area contributed by atoms with Crippen molar-refractivity contribution < 1.29 is 18.8 Å². The van der Waals surface area contributed by atoms with Crippen LogP contribution in [0.5, 0.6) is 5.75 Å². The lowest BCUT2D eigenvalue weighted by Gasteiger charge is -2.11. The zero-order valence-electron chi connectivity index (χ0n) is 18.1. The van der Waals surface area contributed by atoms with Crippen molar-refractivity contribution in [2.75, 3.05) is 0 Å². The second kappa shape index (κ2) is 11.1. The van der Waals surface area contributed by atoms with Crippen LogP contribution < -0.4 is 10.2 Å². The molecule has 0 unspecified atom stereocenters. The predicted octanol–water partition coefficient (Wildman–Crippen LogP) is 6.92. The number of nitrogens with zero attached hydrogens (tertiary/aromatic N) is 2. The van der Waals surface area contributed by atoms with Crippen LogP contribution in [0, 0.1) is 6.92 Å². The first-order valence-electron chi connectivity index (χ1n) is 10.2. The molecule has 4 rings (SSSR count). The fourth-order valence-electron chi connectivity index (χ4n) is 3.20. The third-order valence-electron chi connectivity index (χ3n) is 4.80. The van der Waals surface area contributed by atoms with Gasteiger partial charge in [-0.25, -0.2) is 10.2 Å². The molecule has 0 atom stereocenters. The molecule has 1 heterocycles. The summed E-state index contributed by atoms with van der Waals surface area (Å²) < 4.78 is 12.9. The summed E-state index contributed by atoms with van der Waals surface area (Å²) in [6, 6.07) is 19.6. The summed E-state index contributed by atoms with van der Waals surface area (Å²) in [4.78, 5) is 25.6. The monoisotopic (exact) mass is 659 g/mol. The maximum atomic E-state index is 12.9. The number of rotatable bonds is 6. The van der Waals surface area contributed by atoms with E-state index in [1.165, 1.54) is 6.21 Å². The molecule has 1 N–H and O–H groups in total. The number of aromatic nitrogens is 1. The Labute approximate surface area is 225 Å². The van der Waals surface area contributed by atoms with Crippen LogP contribution >= 0.6 is 47.8 Å². The van der Waals surface area contributed by atoms with Crippen molar-refractivity contribution in [3.05, 3.63) is 103 Å². The number of ether oxygens (including phenoxy) is 1. The number of hydrazone groups is 1. The summed E-state index contributed by atoms with van der Waals surface area (Å²) in [6.07, 6.45) is 1.39. The van der Waals surface area contributed by atoms with Gasteiger partial charge < -0.3 is 9.26 Å². The number of hydrogen-bond acceptors (Lipinski definition) is 6. The van der Waals surface area contributed by atoms with Gasteiger partial charge in [-0.1, -0.05) is 73.4 Å². The van der Waals surface area contributed by atoms with Gasteiger partial charge in [0.15, 0.2) is 5.75 Å². The molecule has 0 aliphatic rings. The van der Waals surface area contributed by atoms with E-state index in [9.17, 15) is 9.59 Å². The SMILES string of the molecule is Cc1onc(-c2ccccc2)c1C(=O)N/N=C/c1cc(Br)cc(Br)c1OC(=O)c1cccc(Br)c1. The second-order valence-corrected chi connectivity index (χ2v) is 9.92. The molecule has 0 aliphatic carbocycles. The van der Waals surface area contributed by atoms with E-state index in [0.717, 1.165) is 14.5 Å². The molecule has 35 heavy (non-hydrogen) atoms. The summed E-state index contributed by atoms with van der Waals surface area (Å²) in [5, 5.41) is 8.09. The third kappa shape index (κ3) is 5.95. The number of halogens is 3. The molecule has 0 fully saturated rings. The molecule has 176 valence electrons. The van der Waals surface area contributed by atoms with Gasteiger partial charge in [-0.2, -0.15) is 5.10 Å². The zero-order chi connectivity index (χ0) is 24.9. The first-order chi connectivity index (χ1) is 16.8. The van der Waals surface area contributed by atoms with Crippen LogP contribution in [0.25, 0.3) is 11.3 Å². The van der Waals surface area contributed by atoms with E-state index in [-0.39, 0.29) is 11.3 Å². The van der Waals surface area contributed by atoms with Crippen LogP contribution in [0.1, 0.15) is 32.0 Å². The Balaban J connectivity index is 1.57. The Morgan fingerprint density at radius 3 is 2.51 bits per heavy atom. The van der Waals surface area contributed by atoms with E-state index in [1.54, 1.807) is 37.3 Å². The van der Waals surface area contributed by atoms with E-state index in [2.05, 4.69) is 63.5 Å². The average molecular weight is 662 g/mol. The topological polar surface area (TPSA) is 93.8 Å². The summed E-state index contributed by atoms with van der Waals surface area (Å²) >= 11 is 10.2. The minimum atomic E-state index is -0.541. The van der Waals surface area contributed by atoms with Crippen LogP contribution in [-0.2, 0) is 0 Å². The largest absolute Gasteiger partial charge is 0.421 e. The van der Waals surface area contributed by atoms with E-state index in [0.29, 0.717) is 27.1 Å². The highest BCUT2D eigenvalue weighted by Gasteiger charge is 2.21. The molecular formula is C25H16Br3N3O4. The lowest BCUT2D eigenvalue weighted by atomic mass is 10.1. The number of carbonyl (C=O) groups excluding carboxylic acids is 2. The van der Waals surface area contributed by atoms with Gasteiger partial charge in [0.1, 0.15) is 17.0 Å². The first kappa shape index (κ1) is 25.0. The van der Waals surface area contributed by atoms with Crippen LogP contribution in [-0.4, -0.2) is 23.2 Å². The molecule has 1 aromatic heterocycles. The molecule has 0 saturated heterocycles.